The minimum Gasteiger partial charge on any atom is -0.327 e. The number of amides is 1. The van der Waals surface area contributed by atoms with Gasteiger partial charge in [-0.25, -0.2) is 13.2 Å². The Balaban J connectivity index is 2.13. The standard InChI is InChI=1S/C14H17F3N2O/c15-9-6-7-11(13(17)12(9)16)19-14(20)8-4-2-1-3-5-10(8)18/h6-8,10H,1-5,18H2,(H,19,20). The van der Waals surface area contributed by atoms with E-state index in [-0.39, 0.29) is 11.7 Å². The lowest BCUT2D eigenvalue weighted by Gasteiger charge is -2.20. The van der Waals surface area contributed by atoms with Crippen LogP contribution >= 0.6 is 0 Å². The number of nitrogens with two attached hydrogens (primary N) is 1. The highest BCUT2D eigenvalue weighted by atomic mass is 19.2. The Morgan fingerprint density at radius 1 is 1.10 bits per heavy atom. The van der Waals surface area contributed by atoms with Crippen LogP contribution in [0.3, 0.4) is 0 Å². The quantitative estimate of drug-likeness (QED) is 0.648. The topological polar surface area (TPSA) is 55.1 Å². The van der Waals surface area contributed by atoms with Gasteiger partial charge in [0, 0.05) is 6.04 Å². The van der Waals surface area contributed by atoms with Gasteiger partial charge in [-0.15, -0.1) is 0 Å². The van der Waals surface area contributed by atoms with E-state index >= 15 is 0 Å². The predicted octanol–water partition coefficient (Wildman–Crippen LogP) is 2.95. The highest BCUT2D eigenvalue weighted by molar-refractivity contribution is 5.93. The molecule has 0 spiro atoms. The van der Waals surface area contributed by atoms with Crippen molar-refractivity contribution in [2.75, 3.05) is 5.32 Å². The zero-order valence-corrected chi connectivity index (χ0v) is 11.0. The second kappa shape index (κ2) is 6.26. The van der Waals surface area contributed by atoms with Crippen LogP contribution in [0.25, 0.3) is 0 Å². The first kappa shape index (κ1) is 14.8. The zero-order chi connectivity index (χ0) is 14.7. The Hall–Kier alpha value is -1.56. The number of carbonyl (C=O) groups is 1. The van der Waals surface area contributed by atoms with Gasteiger partial charge >= 0.3 is 0 Å². The van der Waals surface area contributed by atoms with E-state index < -0.39 is 29.3 Å². The summed E-state index contributed by atoms with van der Waals surface area (Å²) in [5.41, 5.74) is 5.58. The van der Waals surface area contributed by atoms with Crippen molar-refractivity contribution in [3.05, 3.63) is 29.6 Å². The molecule has 1 aromatic carbocycles. The second-order valence-corrected chi connectivity index (χ2v) is 5.12. The molecule has 0 saturated heterocycles. The first-order chi connectivity index (χ1) is 9.50. The third-order valence-electron chi connectivity index (χ3n) is 3.70. The van der Waals surface area contributed by atoms with Crippen LogP contribution in [-0.2, 0) is 4.79 Å². The number of halogens is 3. The number of hydrogen-bond donors (Lipinski definition) is 2. The fourth-order valence-electron chi connectivity index (χ4n) is 2.51. The van der Waals surface area contributed by atoms with Crippen LogP contribution in [0, 0.1) is 23.4 Å². The average molecular weight is 286 g/mol. The Morgan fingerprint density at radius 3 is 2.55 bits per heavy atom. The van der Waals surface area contributed by atoms with Crippen LogP contribution in [0.1, 0.15) is 32.1 Å². The lowest BCUT2D eigenvalue weighted by Crippen LogP contribution is -2.38. The number of benzene rings is 1. The molecule has 1 aromatic rings. The molecule has 1 saturated carbocycles. The van der Waals surface area contributed by atoms with Gasteiger partial charge in [0.1, 0.15) is 0 Å². The third-order valence-corrected chi connectivity index (χ3v) is 3.70. The van der Waals surface area contributed by atoms with Crippen LogP contribution < -0.4 is 11.1 Å². The monoisotopic (exact) mass is 286 g/mol. The molecule has 0 heterocycles. The highest BCUT2D eigenvalue weighted by Gasteiger charge is 2.28. The summed E-state index contributed by atoms with van der Waals surface area (Å²) in [4.78, 5) is 12.1. The fraction of sp³-hybridized carbons (Fsp3) is 0.500. The number of anilines is 1. The summed E-state index contributed by atoms with van der Waals surface area (Å²) < 4.78 is 39.4. The van der Waals surface area contributed by atoms with Crippen molar-refractivity contribution in [3.8, 4) is 0 Å². The second-order valence-electron chi connectivity index (χ2n) is 5.12. The molecule has 0 aromatic heterocycles. The molecule has 1 aliphatic carbocycles. The van der Waals surface area contributed by atoms with Crippen LogP contribution in [0.4, 0.5) is 18.9 Å². The summed E-state index contributed by atoms with van der Waals surface area (Å²) in [7, 11) is 0. The predicted molar refractivity (Wildman–Crippen MR) is 69.5 cm³/mol. The molecule has 3 N–H and O–H groups in total. The van der Waals surface area contributed by atoms with Crippen molar-refractivity contribution >= 4 is 11.6 Å². The van der Waals surface area contributed by atoms with Crippen molar-refractivity contribution in [1.29, 1.82) is 0 Å². The van der Waals surface area contributed by atoms with E-state index in [1.807, 2.05) is 0 Å². The van der Waals surface area contributed by atoms with Crippen molar-refractivity contribution in [2.45, 2.75) is 38.1 Å². The Bertz CT molecular complexity index is 507. The first-order valence-corrected chi connectivity index (χ1v) is 6.70. The molecule has 0 bridgehead atoms. The summed E-state index contributed by atoms with van der Waals surface area (Å²) in [5.74, 6) is -5.13. The maximum Gasteiger partial charge on any atom is 0.229 e. The minimum absolute atomic E-state index is 0.286. The molecule has 20 heavy (non-hydrogen) atoms. The minimum atomic E-state index is -1.59. The van der Waals surface area contributed by atoms with Crippen molar-refractivity contribution in [1.82, 2.24) is 0 Å². The molecule has 1 amide bonds. The molecule has 1 fully saturated rings. The fourth-order valence-corrected chi connectivity index (χ4v) is 2.51. The normalized spacial score (nSPS) is 23.2. The molecule has 3 nitrogen and oxygen atoms in total. The lowest BCUT2D eigenvalue weighted by molar-refractivity contribution is -0.120. The maximum absolute atomic E-state index is 13.5. The maximum atomic E-state index is 13.5. The number of rotatable bonds is 2. The average Bonchev–Trinajstić information content (AvgIpc) is 2.64. The van der Waals surface area contributed by atoms with Crippen molar-refractivity contribution in [2.24, 2.45) is 11.7 Å². The van der Waals surface area contributed by atoms with Gasteiger partial charge in [0.15, 0.2) is 17.5 Å². The zero-order valence-electron chi connectivity index (χ0n) is 11.0. The van der Waals surface area contributed by atoms with Gasteiger partial charge in [-0.05, 0) is 25.0 Å². The molecule has 2 rings (SSSR count). The van der Waals surface area contributed by atoms with Crippen LogP contribution in [0.5, 0.6) is 0 Å². The van der Waals surface area contributed by atoms with Gasteiger partial charge in [-0.2, -0.15) is 0 Å². The first-order valence-electron chi connectivity index (χ1n) is 6.70. The van der Waals surface area contributed by atoms with E-state index in [2.05, 4.69) is 5.32 Å². The van der Waals surface area contributed by atoms with Gasteiger partial charge < -0.3 is 11.1 Å². The molecule has 0 radical (unpaired) electrons. The third kappa shape index (κ3) is 3.12. The number of carbonyl (C=O) groups excluding carboxylic acids is 1. The van der Waals surface area contributed by atoms with E-state index in [9.17, 15) is 18.0 Å². The summed E-state index contributed by atoms with van der Waals surface area (Å²) in [6, 6.07) is 1.50. The molecule has 110 valence electrons. The molecule has 1 aliphatic rings. The lowest BCUT2D eigenvalue weighted by atomic mass is 9.94. The van der Waals surface area contributed by atoms with Crippen LogP contribution in [-0.4, -0.2) is 11.9 Å². The Labute approximate surface area is 115 Å². The molecule has 6 heteroatoms. The summed E-state index contributed by atoms with van der Waals surface area (Å²) in [6.07, 6.45) is 4.21. The van der Waals surface area contributed by atoms with E-state index in [0.29, 0.717) is 6.42 Å². The van der Waals surface area contributed by atoms with E-state index in [1.54, 1.807) is 0 Å². The van der Waals surface area contributed by atoms with Gasteiger partial charge in [-0.3, -0.25) is 4.79 Å². The van der Waals surface area contributed by atoms with E-state index in [1.165, 1.54) is 0 Å². The van der Waals surface area contributed by atoms with Gasteiger partial charge in [0.25, 0.3) is 0 Å². The van der Waals surface area contributed by atoms with E-state index in [0.717, 1.165) is 37.8 Å². The Morgan fingerprint density at radius 2 is 1.80 bits per heavy atom. The summed E-state index contributed by atoms with van der Waals surface area (Å²) >= 11 is 0. The van der Waals surface area contributed by atoms with Crippen LogP contribution in [0.15, 0.2) is 12.1 Å². The Kier molecular flexibility index (Phi) is 4.65. The number of hydrogen-bond acceptors (Lipinski definition) is 2. The molecular formula is C14H17F3N2O. The van der Waals surface area contributed by atoms with Crippen molar-refractivity contribution < 1.29 is 18.0 Å². The molecule has 0 aliphatic heterocycles. The van der Waals surface area contributed by atoms with Crippen molar-refractivity contribution in [3.63, 3.8) is 0 Å². The molecule has 2 unspecified atom stereocenters. The van der Waals surface area contributed by atoms with E-state index in [4.69, 9.17) is 5.73 Å². The van der Waals surface area contributed by atoms with Gasteiger partial charge in [0.05, 0.1) is 11.6 Å². The SMILES string of the molecule is NC1CCCCCC1C(=O)Nc1ccc(F)c(F)c1F. The summed E-state index contributed by atoms with van der Waals surface area (Å²) in [6.45, 7) is 0. The van der Waals surface area contributed by atoms with Gasteiger partial charge in [0.2, 0.25) is 5.91 Å². The molecular weight excluding hydrogens is 269 g/mol. The number of nitrogens with one attached hydrogen (secondary N) is 1. The highest BCUT2D eigenvalue weighted by Crippen LogP contribution is 2.25. The molecule has 2 atom stereocenters. The largest absolute Gasteiger partial charge is 0.327 e. The smallest absolute Gasteiger partial charge is 0.229 e. The summed E-state index contributed by atoms with van der Waals surface area (Å²) in [5, 5.41) is 2.31. The van der Waals surface area contributed by atoms with Gasteiger partial charge in [-0.1, -0.05) is 19.3 Å². The van der Waals surface area contributed by atoms with Crippen LogP contribution in [0.2, 0.25) is 0 Å².